The molecule has 1 aliphatic rings. The van der Waals surface area contributed by atoms with Crippen LogP contribution in [0.25, 0.3) is 0 Å². The summed E-state index contributed by atoms with van der Waals surface area (Å²) >= 11 is 0. The first-order valence-corrected chi connectivity index (χ1v) is 7.19. The highest BCUT2D eigenvalue weighted by Crippen LogP contribution is 2.27. The Balaban J connectivity index is 2.12. The summed E-state index contributed by atoms with van der Waals surface area (Å²) in [6.07, 6.45) is 1.66. The van der Waals surface area contributed by atoms with Crippen LogP contribution in [0.1, 0.15) is 37.9 Å². The molecule has 0 bridgehead atoms. The summed E-state index contributed by atoms with van der Waals surface area (Å²) in [5.74, 6) is 0.00171. The molecular weight excluding hydrogens is 254 g/mol. The molecule has 1 saturated heterocycles. The first kappa shape index (κ1) is 15.0. The van der Waals surface area contributed by atoms with Crippen molar-refractivity contribution in [1.82, 2.24) is 4.90 Å². The number of carbonyl (C=O) groups is 1. The van der Waals surface area contributed by atoms with Gasteiger partial charge in [-0.1, -0.05) is 30.3 Å². The molecule has 2 rings (SSSR count). The van der Waals surface area contributed by atoms with Gasteiger partial charge in [0.15, 0.2) is 6.10 Å². The van der Waals surface area contributed by atoms with Crippen LogP contribution in [0.4, 0.5) is 0 Å². The van der Waals surface area contributed by atoms with Crippen LogP contribution in [0.3, 0.4) is 0 Å². The maximum Gasteiger partial charge on any atom is 0.256 e. The molecule has 110 valence electrons. The average Bonchev–Trinajstić information content (AvgIpc) is 2.88. The number of likely N-dealkylation sites (tertiary alicyclic amines) is 1. The lowest BCUT2D eigenvalue weighted by Crippen LogP contribution is -2.40. The second-order valence-corrected chi connectivity index (χ2v) is 5.44. The molecule has 1 aliphatic heterocycles. The Morgan fingerprint density at radius 3 is 2.75 bits per heavy atom. The van der Waals surface area contributed by atoms with Gasteiger partial charge < -0.3 is 14.7 Å². The Bertz CT molecular complexity index is 433. The quantitative estimate of drug-likeness (QED) is 0.897. The number of hydrogen-bond acceptors (Lipinski definition) is 3. The van der Waals surface area contributed by atoms with Gasteiger partial charge in [-0.25, -0.2) is 0 Å². The topological polar surface area (TPSA) is 49.8 Å². The van der Waals surface area contributed by atoms with E-state index in [0.29, 0.717) is 6.42 Å². The third-order valence-corrected chi connectivity index (χ3v) is 3.84. The van der Waals surface area contributed by atoms with Gasteiger partial charge in [0.05, 0.1) is 6.10 Å². The molecule has 1 fully saturated rings. The van der Waals surface area contributed by atoms with Crippen molar-refractivity contribution in [1.29, 1.82) is 0 Å². The Labute approximate surface area is 120 Å². The molecule has 3 unspecified atom stereocenters. The van der Waals surface area contributed by atoms with Crippen LogP contribution in [0.5, 0.6) is 0 Å². The molecule has 0 spiro atoms. The highest BCUT2D eigenvalue weighted by atomic mass is 16.5. The van der Waals surface area contributed by atoms with Crippen molar-refractivity contribution in [2.75, 3.05) is 13.7 Å². The third-order valence-electron chi connectivity index (χ3n) is 3.84. The summed E-state index contributed by atoms with van der Waals surface area (Å²) in [6, 6.07) is 9.69. The second-order valence-electron chi connectivity index (χ2n) is 5.44. The van der Waals surface area contributed by atoms with Crippen molar-refractivity contribution < 1.29 is 14.6 Å². The minimum atomic E-state index is -0.550. The Morgan fingerprint density at radius 1 is 1.45 bits per heavy atom. The minimum Gasteiger partial charge on any atom is -0.393 e. The number of benzene rings is 1. The number of methoxy groups -OCH3 is 1. The summed E-state index contributed by atoms with van der Waals surface area (Å²) in [6.45, 7) is 2.52. The van der Waals surface area contributed by atoms with E-state index in [1.54, 1.807) is 14.0 Å². The van der Waals surface area contributed by atoms with Gasteiger partial charge >= 0.3 is 0 Å². The van der Waals surface area contributed by atoms with E-state index in [-0.39, 0.29) is 18.1 Å². The molecule has 20 heavy (non-hydrogen) atoms. The van der Waals surface area contributed by atoms with Crippen LogP contribution < -0.4 is 0 Å². The van der Waals surface area contributed by atoms with Crippen molar-refractivity contribution in [3.63, 3.8) is 0 Å². The molecule has 0 saturated carbocycles. The zero-order valence-corrected chi connectivity index (χ0v) is 12.2. The van der Waals surface area contributed by atoms with Crippen LogP contribution in [0, 0.1) is 0 Å². The molecule has 0 aromatic heterocycles. The van der Waals surface area contributed by atoms with Crippen LogP contribution in [0.15, 0.2) is 30.3 Å². The number of carbonyl (C=O) groups excluding carboxylic acids is 1. The molecule has 1 aromatic carbocycles. The number of nitrogens with zero attached hydrogens (tertiary/aromatic N) is 1. The molecule has 4 heteroatoms. The van der Waals surface area contributed by atoms with E-state index in [1.807, 2.05) is 35.2 Å². The Kier molecular flexibility index (Phi) is 5.15. The molecule has 0 radical (unpaired) electrons. The highest BCUT2D eigenvalue weighted by molar-refractivity contribution is 5.83. The summed E-state index contributed by atoms with van der Waals surface area (Å²) in [5, 5.41) is 9.56. The largest absolute Gasteiger partial charge is 0.393 e. The predicted octanol–water partition coefficient (Wildman–Crippen LogP) is 2.14. The number of aliphatic hydroxyl groups excluding tert-OH is 1. The van der Waals surface area contributed by atoms with Gasteiger partial charge in [0.2, 0.25) is 0 Å². The van der Waals surface area contributed by atoms with E-state index in [9.17, 15) is 9.90 Å². The molecule has 3 atom stereocenters. The lowest BCUT2D eigenvalue weighted by atomic mass is 10.1. The fraction of sp³-hybridized carbons (Fsp3) is 0.562. The minimum absolute atomic E-state index is 0.00171. The van der Waals surface area contributed by atoms with E-state index in [4.69, 9.17) is 4.74 Å². The van der Waals surface area contributed by atoms with E-state index in [2.05, 4.69) is 0 Å². The van der Waals surface area contributed by atoms with Gasteiger partial charge in [0.25, 0.3) is 5.91 Å². The molecule has 1 heterocycles. The van der Waals surface area contributed by atoms with Crippen LogP contribution >= 0.6 is 0 Å². The lowest BCUT2D eigenvalue weighted by molar-refractivity contribution is -0.143. The van der Waals surface area contributed by atoms with Gasteiger partial charge in [-0.15, -0.1) is 0 Å². The number of rotatable bonds is 5. The van der Waals surface area contributed by atoms with E-state index in [0.717, 1.165) is 24.9 Å². The van der Waals surface area contributed by atoms with Gasteiger partial charge in [-0.3, -0.25) is 4.79 Å². The Hall–Kier alpha value is -1.39. The second kappa shape index (κ2) is 6.86. The SMILES string of the molecule is COC(C(=O)N1CCCC1CC(C)O)c1ccccc1. The first-order chi connectivity index (χ1) is 9.63. The maximum absolute atomic E-state index is 12.7. The van der Waals surface area contributed by atoms with Crippen molar-refractivity contribution in [2.45, 2.75) is 44.4 Å². The van der Waals surface area contributed by atoms with Crippen LogP contribution in [0.2, 0.25) is 0 Å². The zero-order chi connectivity index (χ0) is 14.5. The van der Waals surface area contributed by atoms with Crippen molar-refractivity contribution in [3.8, 4) is 0 Å². The normalized spacial score (nSPS) is 21.8. The standard InChI is InChI=1S/C16H23NO3/c1-12(18)11-14-9-6-10-17(14)16(19)15(20-2)13-7-4-3-5-8-13/h3-5,7-8,12,14-15,18H,6,9-11H2,1-2H3. The van der Waals surface area contributed by atoms with Crippen molar-refractivity contribution in [3.05, 3.63) is 35.9 Å². The first-order valence-electron chi connectivity index (χ1n) is 7.19. The zero-order valence-electron chi connectivity index (χ0n) is 12.2. The molecule has 1 N–H and O–H groups in total. The number of ether oxygens (including phenoxy) is 1. The summed E-state index contributed by atoms with van der Waals surface area (Å²) in [4.78, 5) is 14.6. The fourth-order valence-electron chi connectivity index (χ4n) is 2.92. The smallest absolute Gasteiger partial charge is 0.256 e. The van der Waals surface area contributed by atoms with E-state index < -0.39 is 6.10 Å². The predicted molar refractivity (Wildman–Crippen MR) is 77.2 cm³/mol. The van der Waals surface area contributed by atoms with E-state index >= 15 is 0 Å². The molecule has 4 nitrogen and oxygen atoms in total. The third kappa shape index (κ3) is 3.38. The fourth-order valence-corrected chi connectivity index (χ4v) is 2.92. The summed E-state index contributed by atoms with van der Waals surface area (Å²) < 4.78 is 5.41. The number of hydrogen-bond donors (Lipinski definition) is 1. The molecule has 1 amide bonds. The van der Waals surface area contributed by atoms with Crippen LogP contribution in [-0.2, 0) is 9.53 Å². The number of aliphatic hydroxyl groups is 1. The highest BCUT2D eigenvalue weighted by Gasteiger charge is 2.34. The van der Waals surface area contributed by atoms with Crippen molar-refractivity contribution in [2.24, 2.45) is 0 Å². The molecular formula is C16H23NO3. The van der Waals surface area contributed by atoms with Gasteiger partial charge in [-0.05, 0) is 31.7 Å². The van der Waals surface area contributed by atoms with E-state index in [1.165, 1.54) is 0 Å². The molecule has 0 aliphatic carbocycles. The van der Waals surface area contributed by atoms with Gasteiger partial charge in [-0.2, -0.15) is 0 Å². The summed E-state index contributed by atoms with van der Waals surface area (Å²) in [7, 11) is 1.56. The van der Waals surface area contributed by atoms with Crippen molar-refractivity contribution >= 4 is 5.91 Å². The lowest BCUT2D eigenvalue weighted by Gasteiger charge is -2.29. The Morgan fingerprint density at radius 2 is 2.15 bits per heavy atom. The summed E-state index contributed by atoms with van der Waals surface area (Å²) in [5.41, 5.74) is 0.877. The number of amides is 1. The molecule has 1 aromatic rings. The van der Waals surface area contributed by atoms with Gasteiger partial charge in [0.1, 0.15) is 0 Å². The maximum atomic E-state index is 12.7. The average molecular weight is 277 g/mol. The monoisotopic (exact) mass is 277 g/mol. The van der Waals surface area contributed by atoms with Gasteiger partial charge in [0, 0.05) is 19.7 Å². The van der Waals surface area contributed by atoms with Crippen LogP contribution in [-0.4, -0.2) is 41.7 Å².